The molecule has 9 amide bonds. The number of rotatable bonds is 23. The first-order valence-corrected chi connectivity index (χ1v) is 36.2. The highest BCUT2D eigenvalue weighted by Crippen LogP contribution is 2.25. The SMILES string of the molecule is CC(O)C(NC(=O)C1CSSC[C@H](NC(=O)C(Cc2ccccc2)NC(=O)CCCC(=O)N[C@]23CNCCNC[C@](N)(CNCCNC2)NCCN3)C(=O)NC(Cc2ccc(O)cc2)C(=O)NC(Cc2c[nH]c3ccccc23)C(=O)NC(CCCCN)C(=O)NC(C(C)O)C(=O)N1)C(=O)O. The number of H-pyrrole nitrogens is 1. The van der Waals surface area contributed by atoms with Crippen molar-refractivity contribution < 1.29 is 68.4 Å². The Labute approximate surface area is 588 Å². The summed E-state index contributed by atoms with van der Waals surface area (Å²) < 4.78 is 0. The smallest absolute Gasteiger partial charge is 0.328 e. The highest BCUT2D eigenvalue weighted by Gasteiger charge is 2.39. The molecule has 100 heavy (non-hydrogen) atoms. The number of aromatic amines is 1. The van der Waals surface area contributed by atoms with Crippen LogP contribution < -0.4 is 91.2 Å². The quantitative estimate of drug-likeness (QED) is 0.0245. The molecule has 32 nitrogen and oxygen atoms in total. The number of carbonyl (C=O) groups is 10. The summed E-state index contributed by atoms with van der Waals surface area (Å²) in [5, 5.41) is 87.2. The number of nitrogens with two attached hydrogens (primary N) is 2. The number of hydrogen-bond acceptors (Lipinski definition) is 23. The molecule has 0 radical (unpaired) electrons. The fourth-order valence-corrected chi connectivity index (χ4v) is 13.9. The summed E-state index contributed by atoms with van der Waals surface area (Å²) in [7, 11) is 1.75. The summed E-state index contributed by atoms with van der Waals surface area (Å²) in [6.07, 6.45) is -1.81. The van der Waals surface area contributed by atoms with Crippen molar-refractivity contribution >= 4 is 91.6 Å². The zero-order valence-corrected chi connectivity index (χ0v) is 57.9. The number of unbranched alkanes of at least 4 members (excludes halogenated alkanes) is 1. The highest BCUT2D eigenvalue weighted by atomic mass is 33.1. The van der Waals surface area contributed by atoms with Gasteiger partial charge in [0.25, 0.3) is 0 Å². The number of phenolic OH excluding ortho intramolecular Hbond substituents is 1. The molecule has 3 saturated heterocycles. The number of para-hydroxylation sites is 1. The first-order chi connectivity index (χ1) is 47.9. The number of aliphatic hydroxyl groups is 2. The minimum atomic E-state index is -1.88. The van der Waals surface area contributed by atoms with Gasteiger partial charge >= 0.3 is 5.97 Å². The second-order valence-corrected chi connectivity index (χ2v) is 27.9. The lowest BCUT2D eigenvalue weighted by molar-refractivity contribution is -0.145. The molecular formula is C66H98N18O14S2. The number of aromatic nitrogens is 1. The van der Waals surface area contributed by atoms with Gasteiger partial charge in [-0.1, -0.05) is 82.3 Å². The van der Waals surface area contributed by atoms with E-state index in [9.17, 15) is 54.0 Å². The van der Waals surface area contributed by atoms with E-state index in [0.717, 1.165) is 28.5 Å². The summed E-state index contributed by atoms with van der Waals surface area (Å²) >= 11 is 0. The third-order valence-electron chi connectivity index (χ3n) is 17.1. The van der Waals surface area contributed by atoms with E-state index < -0.39 is 131 Å². The van der Waals surface area contributed by atoms with Crippen LogP contribution in [0.4, 0.5) is 0 Å². The summed E-state index contributed by atoms with van der Waals surface area (Å²) in [5.41, 5.74) is 13.2. The predicted octanol–water partition coefficient (Wildman–Crippen LogP) is -4.65. The zero-order valence-electron chi connectivity index (χ0n) is 56.3. The van der Waals surface area contributed by atoms with Crippen molar-refractivity contribution in [3.05, 3.63) is 102 Å². The molecule has 1 aromatic heterocycles. The van der Waals surface area contributed by atoms with Gasteiger partial charge in [-0.3, -0.25) is 53.8 Å². The van der Waals surface area contributed by atoms with Crippen LogP contribution in [0.1, 0.15) is 69.1 Å². The van der Waals surface area contributed by atoms with E-state index >= 15 is 14.4 Å². The third kappa shape index (κ3) is 25.3. The van der Waals surface area contributed by atoms with Crippen LogP contribution in [0.2, 0.25) is 0 Å². The summed E-state index contributed by atoms with van der Waals surface area (Å²) in [6.45, 7) is 7.62. The standard InChI is InChI=1S/C66H98N18O14S2/c1-39(85)55-63(96)81-52(62(95)83-56(40(2)86)64(97)98)34-100-99-33-51(61(94)78-49(30-42-18-20-44(87)21-19-42)59(92)79-50(31-43-32-73-46-14-7-6-13-45(43)46)60(93)77-47(57(90)82-55)15-8-9-22-67)80-58(91)48(29-41-11-4-3-5-12-41)76-53(88)16-10-17-54(89)84-66-37-71-25-23-69-35-65(68,74-27-28-75-66)36-70-24-26-72-38-66/h3-7,11-14,18-21,32,39-40,47-52,55-56,69-75,85-87H,8-10,15-17,22-31,33-38,67-68H2,1-2H3,(H,76,88)(H,77,93)(H,78,94)(H,79,92)(H,80,91)(H,81,96)(H,82,90)(H,83,95)(H,84,89)(H,97,98)/t39?,40?,47?,48?,49?,50?,51-,52?,55?,56?,65-,66-/m0/s1. The molecule has 3 aliphatic heterocycles. The van der Waals surface area contributed by atoms with Crippen molar-refractivity contribution in [2.75, 3.05) is 83.5 Å². The molecular weight excluding hydrogens is 1330 g/mol. The molecule has 3 fully saturated rings. The van der Waals surface area contributed by atoms with E-state index in [1.165, 1.54) is 31.2 Å². The maximum Gasteiger partial charge on any atom is 0.328 e. The lowest BCUT2D eigenvalue weighted by atomic mass is 10.0. The molecule has 10 atom stereocenters. The average molecular weight is 1430 g/mol. The molecule has 0 saturated carbocycles. The summed E-state index contributed by atoms with van der Waals surface area (Å²) in [6, 6.07) is 8.82. The van der Waals surface area contributed by atoms with Crippen molar-refractivity contribution in [2.45, 2.75) is 144 Å². The predicted molar refractivity (Wildman–Crippen MR) is 377 cm³/mol. The number of carbonyl (C=O) groups excluding carboxylic acids is 9. The maximum atomic E-state index is 15.2. The number of benzene rings is 3. The molecule has 24 N–H and O–H groups in total. The monoisotopic (exact) mass is 1430 g/mol. The van der Waals surface area contributed by atoms with Gasteiger partial charge in [-0.05, 0) is 81.0 Å². The number of hydrogen-bond donors (Lipinski definition) is 22. The van der Waals surface area contributed by atoms with Gasteiger partial charge < -0.3 is 106 Å². The van der Waals surface area contributed by atoms with E-state index in [0.29, 0.717) is 99.5 Å². The fraction of sp³-hybridized carbons (Fsp3) is 0.545. The van der Waals surface area contributed by atoms with E-state index in [1.807, 2.05) is 0 Å². The van der Waals surface area contributed by atoms with Crippen molar-refractivity contribution in [1.29, 1.82) is 0 Å². The van der Waals surface area contributed by atoms with Gasteiger partial charge in [-0.15, -0.1) is 0 Å². The molecule has 3 aromatic carbocycles. The van der Waals surface area contributed by atoms with Crippen LogP contribution in [0.3, 0.4) is 0 Å². The largest absolute Gasteiger partial charge is 0.508 e. The van der Waals surface area contributed by atoms with Crippen molar-refractivity contribution in [3.63, 3.8) is 0 Å². The van der Waals surface area contributed by atoms with Gasteiger partial charge in [0.15, 0.2) is 6.04 Å². The Morgan fingerprint density at radius 3 is 1.89 bits per heavy atom. The van der Waals surface area contributed by atoms with Gasteiger partial charge in [-0.2, -0.15) is 0 Å². The number of aliphatic carboxylic acids is 1. The number of phenols is 1. The van der Waals surface area contributed by atoms with Gasteiger partial charge in [0, 0.05) is 126 Å². The number of aromatic hydroxyl groups is 1. The molecule has 34 heteroatoms. The minimum absolute atomic E-state index is 0.0608. The van der Waals surface area contributed by atoms with Crippen LogP contribution in [-0.4, -0.2) is 240 Å². The molecule has 0 aliphatic carbocycles. The van der Waals surface area contributed by atoms with Crippen LogP contribution in [0.25, 0.3) is 10.9 Å². The topological polar surface area (TPSA) is 500 Å². The first-order valence-electron chi connectivity index (χ1n) is 33.7. The van der Waals surface area contributed by atoms with Gasteiger partial charge in [0.2, 0.25) is 53.2 Å². The van der Waals surface area contributed by atoms with E-state index in [2.05, 4.69) is 84.7 Å². The Bertz CT molecular complexity index is 3360. The van der Waals surface area contributed by atoms with Crippen LogP contribution in [0, 0.1) is 0 Å². The molecule has 548 valence electrons. The lowest BCUT2D eigenvalue weighted by Gasteiger charge is -2.39. The second-order valence-electron chi connectivity index (χ2n) is 25.4. The van der Waals surface area contributed by atoms with Crippen molar-refractivity contribution in [1.82, 2.24) is 84.7 Å². The van der Waals surface area contributed by atoms with Crippen LogP contribution in [0.15, 0.2) is 85.1 Å². The Morgan fingerprint density at radius 2 is 1.23 bits per heavy atom. The normalized spacial score (nSPS) is 25.0. The van der Waals surface area contributed by atoms with Crippen molar-refractivity contribution in [2.24, 2.45) is 11.5 Å². The Kier molecular flexibility index (Phi) is 31.6. The van der Waals surface area contributed by atoms with Gasteiger partial charge in [-0.25, -0.2) is 4.79 Å². The number of carboxylic acid groups (broad SMARTS) is 1. The number of amides is 9. The first kappa shape index (κ1) is 79.3. The molecule has 2 bridgehead atoms. The van der Waals surface area contributed by atoms with Crippen LogP contribution in [-0.2, 0) is 67.2 Å². The Hall–Kier alpha value is -8.00. The highest BCUT2D eigenvalue weighted by molar-refractivity contribution is 8.76. The van der Waals surface area contributed by atoms with Crippen LogP contribution >= 0.6 is 21.6 Å². The number of carboxylic acids is 1. The molecule has 0 spiro atoms. The third-order valence-corrected chi connectivity index (χ3v) is 19.5. The van der Waals surface area contributed by atoms with E-state index in [-0.39, 0.29) is 75.3 Å². The number of nitrogens with one attached hydrogen (secondary N) is 16. The number of aliphatic hydroxyl groups excluding tert-OH is 2. The summed E-state index contributed by atoms with van der Waals surface area (Å²) in [4.78, 5) is 147. The Balaban J connectivity index is 1.20. The summed E-state index contributed by atoms with van der Waals surface area (Å²) in [5.74, 6) is -10.3. The molecule has 4 aromatic rings. The zero-order chi connectivity index (χ0) is 72.2. The van der Waals surface area contributed by atoms with Gasteiger partial charge in [0.05, 0.1) is 17.9 Å². The van der Waals surface area contributed by atoms with Crippen molar-refractivity contribution in [3.8, 4) is 5.75 Å². The minimum Gasteiger partial charge on any atom is -0.508 e. The van der Waals surface area contributed by atoms with E-state index in [1.54, 1.807) is 60.8 Å². The Morgan fingerprint density at radius 1 is 0.630 bits per heavy atom. The van der Waals surface area contributed by atoms with Gasteiger partial charge in [0.1, 0.15) is 53.7 Å². The molecule has 3 aliphatic rings. The molecule has 9 unspecified atom stereocenters. The number of fused-ring (bicyclic) bond motifs is 6. The average Bonchev–Trinajstić information content (AvgIpc) is 1.63. The molecule has 7 rings (SSSR count). The van der Waals surface area contributed by atoms with E-state index in [4.69, 9.17) is 11.5 Å². The lowest BCUT2D eigenvalue weighted by Crippen LogP contribution is -2.72. The second kappa shape index (κ2) is 39.9. The fourth-order valence-electron chi connectivity index (χ4n) is 11.6. The molecule has 4 heterocycles. The van der Waals surface area contributed by atoms with Crippen LogP contribution in [0.5, 0.6) is 5.75 Å². The maximum absolute atomic E-state index is 15.2.